The molecule has 18 heavy (non-hydrogen) atoms. The number of aromatic nitrogens is 2. The number of nitrogens with zero attached hydrogens (tertiary/aromatic N) is 3. The Morgan fingerprint density at radius 2 is 2.11 bits per heavy atom. The lowest BCUT2D eigenvalue weighted by atomic mass is 10.3. The fourth-order valence-corrected chi connectivity index (χ4v) is 1.83. The topological polar surface area (TPSA) is 50.8 Å². The Labute approximate surface area is 108 Å². The number of hydrogen-bond donors (Lipinski definition) is 0. The second-order valence-corrected chi connectivity index (χ2v) is 3.90. The quantitative estimate of drug-likeness (QED) is 0.857. The molecule has 6 heteroatoms. The zero-order valence-corrected chi connectivity index (χ0v) is 10.3. The average molecular weight is 266 g/mol. The summed E-state index contributed by atoms with van der Waals surface area (Å²) < 4.78 is 19.2. The van der Waals surface area contributed by atoms with Crippen LogP contribution in [0.2, 0.25) is 5.15 Å². The van der Waals surface area contributed by atoms with Crippen molar-refractivity contribution < 1.29 is 9.13 Å². The van der Waals surface area contributed by atoms with Crippen molar-refractivity contribution in [3.8, 4) is 11.8 Å². The Balaban J connectivity index is 2.52. The highest BCUT2D eigenvalue weighted by Crippen LogP contribution is 2.23. The molecule has 0 saturated heterocycles. The maximum Gasteiger partial charge on any atom is 0.151 e. The molecule has 2 aromatic rings. The predicted octanol–water partition coefficient (Wildman–Crippen LogP) is 2.68. The molecule has 0 amide bonds. The molecule has 0 spiro atoms. The fourth-order valence-electron chi connectivity index (χ4n) is 1.54. The van der Waals surface area contributed by atoms with Crippen molar-refractivity contribution >= 4 is 11.6 Å². The van der Waals surface area contributed by atoms with Gasteiger partial charge in [-0.1, -0.05) is 11.6 Å². The molecular formula is C12H9ClFN3O. The molecule has 0 fully saturated rings. The van der Waals surface area contributed by atoms with Gasteiger partial charge in [0.2, 0.25) is 0 Å². The number of benzene rings is 1. The summed E-state index contributed by atoms with van der Waals surface area (Å²) in [5.41, 5.74) is 1.30. The highest BCUT2D eigenvalue weighted by molar-refractivity contribution is 6.31. The molecule has 0 aliphatic rings. The van der Waals surface area contributed by atoms with E-state index in [9.17, 15) is 4.39 Å². The van der Waals surface area contributed by atoms with Crippen molar-refractivity contribution in [1.29, 1.82) is 5.26 Å². The zero-order valence-electron chi connectivity index (χ0n) is 9.52. The van der Waals surface area contributed by atoms with Crippen LogP contribution < -0.4 is 0 Å². The van der Waals surface area contributed by atoms with Gasteiger partial charge in [-0.15, -0.1) is 0 Å². The predicted molar refractivity (Wildman–Crippen MR) is 64.0 cm³/mol. The van der Waals surface area contributed by atoms with E-state index in [0.29, 0.717) is 11.4 Å². The summed E-state index contributed by atoms with van der Waals surface area (Å²) in [6.07, 6.45) is 0. The Kier molecular flexibility index (Phi) is 3.60. The van der Waals surface area contributed by atoms with Gasteiger partial charge in [0.05, 0.1) is 12.3 Å². The van der Waals surface area contributed by atoms with E-state index in [-0.39, 0.29) is 23.1 Å². The molecule has 4 nitrogen and oxygen atoms in total. The first-order valence-electron chi connectivity index (χ1n) is 5.09. The lowest BCUT2D eigenvalue weighted by molar-refractivity contribution is 0.181. The lowest BCUT2D eigenvalue weighted by Gasteiger charge is -2.02. The largest absolute Gasteiger partial charge is 0.378 e. The van der Waals surface area contributed by atoms with Crippen molar-refractivity contribution in [3.63, 3.8) is 0 Å². The Hall–Kier alpha value is -1.90. The smallest absolute Gasteiger partial charge is 0.151 e. The van der Waals surface area contributed by atoms with Crippen LogP contribution in [0, 0.1) is 17.1 Å². The first-order valence-corrected chi connectivity index (χ1v) is 5.47. The van der Waals surface area contributed by atoms with E-state index >= 15 is 0 Å². The maximum absolute atomic E-state index is 12.8. The molecule has 0 saturated carbocycles. The molecule has 1 heterocycles. The monoisotopic (exact) mass is 265 g/mol. The zero-order chi connectivity index (χ0) is 13.1. The van der Waals surface area contributed by atoms with Gasteiger partial charge >= 0.3 is 0 Å². The second-order valence-electron chi connectivity index (χ2n) is 3.55. The summed E-state index contributed by atoms with van der Waals surface area (Å²) in [7, 11) is 1.51. The Bertz CT molecular complexity index is 601. The van der Waals surface area contributed by atoms with E-state index in [1.165, 1.54) is 36.1 Å². The lowest BCUT2D eigenvalue weighted by Crippen LogP contribution is -1.98. The summed E-state index contributed by atoms with van der Waals surface area (Å²) in [5, 5.41) is 13.4. The Morgan fingerprint density at radius 1 is 1.44 bits per heavy atom. The normalized spacial score (nSPS) is 10.3. The molecule has 2 rings (SSSR count). The summed E-state index contributed by atoms with van der Waals surface area (Å²) in [4.78, 5) is 0. The molecule has 0 bridgehead atoms. The SMILES string of the molecule is COCc1nn(-c2ccc(F)cc2)c(Cl)c1C#N. The van der Waals surface area contributed by atoms with Gasteiger partial charge in [-0.05, 0) is 24.3 Å². The maximum atomic E-state index is 12.8. The third kappa shape index (κ3) is 2.21. The van der Waals surface area contributed by atoms with Crippen molar-refractivity contribution in [2.24, 2.45) is 0 Å². The van der Waals surface area contributed by atoms with E-state index in [2.05, 4.69) is 5.10 Å². The van der Waals surface area contributed by atoms with Crippen LogP contribution in [0.3, 0.4) is 0 Å². The standard InChI is InChI=1S/C12H9ClFN3O/c1-18-7-11-10(6-15)12(13)17(16-11)9-4-2-8(14)3-5-9/h2-5H,7H2,1H3. The van der Waals surface area contributed by atoms with Crippen LogP contribution in [0.4, 0.5) is 4.39 Å². The van der Waals surface area contributed by atoms with Gasteiger partial charge < -0.3 is 4.74 Å². The molecule has 0 aliphatic carbocycles. The molecule has 1 aromatic heterocycles. The van der Waals surface area contributed by atoms with Gasteiger partial charge in [-0.2, -0.15) is 10.4 Å². The average Bonchev–Trinajstić information content (AvgIpc) is 2.67. The van der Waals surface area contributed by atoms with E-state index in [4.69, 9.17) is 21.6 Å². The minimum atomic E-state index is -0.348. The summed E-state index contributed by atoms with van der Waals surface area (Å²) in [5.74, 6) is -0.348. The van der Waals surface area contributed by atoms with Crippen molar-refractivity contribution in [2.45, 2.75) is 6.61 Å². The third-order valence-electron chi connectivity index (χ3n) is 2.37. The minimum absolute atomic E-state index is 0.191. The van der Waals surface area contributed by atoms with Crippen molar-refractivity contribution in [1.82, 2.24) is 9.78 Å². The molecule has 0 N–H and O–H groups in total. The summed E-state index contributed by atoms with van der Waals surface area (Å²) >= 11 is 6.07. The fraction of sp³-hybridized carbons (Fsp3) is 0.167. The number of halogens is 2. The van der Waals surface area contributed by atoms with Crippen molar-refractivity contribution in [3.05, 3.63) is 46.5 Å². The highest BCUT2D eigenvalue weighted by atomic mass is 35.5. The van der Waals surface area contributed by atoms with Crippen LogP contribution in [0.5, 0.6) is 0 Å². The van der Waals surface area contributed by atoms with Gasteiger partial charge in [0.1, 0.15) is 23.1 Å². The number of nitriles is 1. The van der Waals surface area contributed by atoms with E-state index in [1.807, 2.05) is 6.07 Å². The van der Waals surface area contributed by atoms with E-state index in [1.54, 1.807) is 0 Å². The molecule has 0 aliphatic heterocycles. The van der Waals surface area contributed by atoms with E-state index in [0.717, 1.165) is 0 Å². The van der Waals surface area contributed by atoms with Crippen LogP contribution >= 0.6 is 11.6 Å². The van der Waals surface area contributed by atoms with Crippen LogP contribution in [0.15, 0.2) is 24.3 Å². The second kappa shape index (κ2) is 5.17. The first kappa shape index (κ1) is 12.6. The molecule has 0 atom stereocenters. The number of methoxy groups -OCH3 is 1. The van der Waals surface area contributed by atoms with Crippen LogP contribution in [0.25, 0.3) is 5.69 Å². The molecular weight excluding hydrogens is 257 g/mol. The molecule has 0 radical (unpaired) electrons. The number of ether oxygens (including phenoxy) is 1. The van der Waals surface area contributed by atoms with Gasteiger partial charge in [0, 0.05) is 7.11 Å². The molecule has 0 unspecified atom stereocenters. The third-order valence-corrected chi connectivity index (χ3v) is 2.71. The summed E-state index contributed by atoms with van der Waals surface area (Å²) in [6, 6.07) is 7.65. The Morgan fingerprint density at radius 3 is 2.67 bits per heavy atom. The minimum Gasteiger partial charge on any atom is -0.378 e. The van der Waals surface area contributed by atoms with Gasteiger partial charge in [-0.3, -0.25) is 0 Å². The first-order chi connectivity index (χ1) is 8.67. The van der Waals surface area contributed by atoms with Crippen LogP contribution in [-0.4, -0.2) is 16.9 Å². The van der Waals surface area contributed by atoms with Crippen LogP contribution in [-0.2, 0) is 11.3 Å². The van der Waals surface area contributed by atoms with Crippen LogP contribution in [0.1, 0.15) is 11.3 Å². The van der Waals surface area contributed by atoms with Gasteiger partial charge in [0.15, 0.2) is 5.15 Å². The highest BCUT2D eigenvalue weighted by Gasteiger charge is 2.16. The number of rotatable bonds is 3. The van der Waals surface area contributed by atoms with Gasteiger partial charge in [-0.25, -0.2) is 9.07 Å². The van der Waals surface area contributed by atoms with Crippen molar-refractivity contribution in [2.75, 3.05) is 7.11 Å². The summed E-state index contributed by atoms with van der Waals surface area (Å²) in [6.45, 7) is 0.191. The molecule has 1 aromatic carbocycles. The molecule has 92 valence electrons. The number of hydrogen-bond acceptors (Lipinski definition) is 3. The van der Waals surface area contributed by atoms with E-state index < -0.39 is 0 Å². The van der Waals surface area contributed by atoms with Gasteiger partial charge in [0.25, 0.3) is 0 Å².